The van der Waals surface area contributed by atoms with Gasteiger partial charge in [-0.15, -0.1) is 0 Å². The van der Waals surface area contributed by atoms with Crippen LogP contribution in [0, 0.1) is 11.3 Å². The lowest BCUT2D eigenvalue weighted by Gasteiger charge is -2.33. The highest BCUT2D eigenvalue weighted by atomic mass is 16.5. The number of hydrazine groups is 1. The molecule has 0 aromatic carbocycles. The van der Waals surface area contributed by atoms with Crippen molar-refractivity contribution in [2.24, 2.45) is 17.1 Å². The first kappa shape index (κ1) is 28.2. The fraction of sp³-hybridized carbons (Fsp3) is 0.920. The summed E-state index contributed by atoms with van der Waals surface area (Å²) in [4.78, 5) is 0. The zero-order valence-electron chi connectivity index (χ0n) is 21.3. The molecule has 0 aromatic rings. The molecule has 1 unspecified atom stereocenters. The normalized spacial score (nSPS) is 19.1. The Balaban J connectivity index is 2.92. The zero-order valence-corrected chi connectivity index (χ0v) is 21.3. The zero-order chi connectivity index (χ0) is 23.3. The molecule has 0 spiro atoms. The number of nitrogens with two attached hydrogens (primary N) is 1. The van der Waals surface area contributed by atoms with Crippen molar-refractivity contribution in [1.82, 2.24) is 15.8 Å². The third-order valence-corrected chi connectivity index (χ3v) is 6.38. The van der Waals surface area contributed by atoms with E-state index in [-0.39, 0.29) is 5.41 Å². The highest BCUT2D eigenvalue weighted by Crippen LogP contribution is 2.23. The van der Waals surface area contributed by atoms with Crippen molar-refractivity contribution < 1.29 is 9.84 Å². The molecule has 1 rings (SSSR count). The van der Waals surface area contributed by atoms with Gasteiger partial charge in [-0.1, -0.05) is 72.6 Å². The Morgan fingerprint density at radius 1 is 1.10 bits per heavy atom. The van der Waals surface area contributed by atoms with Gasteiger partial charge < -0.3 is 15.6 Å². The third kappa shape index (κ3) is 11.6. The molecule has 5 N–H and O–H groups in total. The summed E-state index contributed by atoms with van der Waals surface area (Å²) in [5, 5.41) is 16.6. The van der Waals surface area contributed by atoms with Gasteiger partial charge in [0.2, 0.25) is 5.88 Å². The molecule has 0 aliphatic heterocycles. The Kier molecular flexibility index (Phi) is 13.7. The van der Waals surface area contributed by atoms with Crippen molar-refractivity contribution in [3.8, 4) is 0 Å². The van der Waals surface area contributed by atoms with E-state index in [1.54, 1.807) is 0 Å². The molecule has 0 heterocycles. The molecule has 0 radical (unpaired) electrons. The van der Waals surface area contributed by atoms with Crippen molar-refractivity contribution in [2.45, 2.75) is 111 Å². The minimum Gasteiger partial charge on any atom is -0.478 e. The van der Waals surface area contributed by atoms with Crippen LogP contribution in [0.2, 0.25) is 0 Å². The Morgan fingerprint density at radius 3 is 2.13 bits per heavy atom. The minimum atomic E-state index is -0.714. The molecule has 31 heavy (non-hydrogen) atoms. The highest BCUT2D eigenvalue weighted by Gasteiger charge is 2.24. The van der Waals surface area contributed by atoms with Crippen LogP contribution in [0.3, 0.4) is 0 Å². The van der Waals surface area contributed by atoms with Gasteiger partial charge in [0.05, 0.1) is 6.61 Å². The monoisotopic (exact) mass is 440 g/mol. The summed E-state index contributed by atoms with van der Waals surface area (Å²) in [5.41, 5.74) is 10.1. The van der Waals surface area contributed by atoms with Crippen LogP contribution in [0.4, 0.5) is 0 Å². The molecule has 1 atom stereocenters. The van der Waals surface area contributed by atoms with Crippen LogP contribution in [-0.2, 0) is 4.74 Å². The maximum Gasteiger partial charge on any atom is 0.206 e. The van der Waals surface area contributed by atoms with Gasteiger partial charge >= 0.3 is 0 Å². The largest absolute Gasteiger partial charge is 0.478 e. The number of hydrogen-bond acceptors (Lipinski definition) is 6. The number of aliphatic hydroxyl groups excluding tert-OH is 1. The second-order valence-electron chi connectivity index (χ2n) is 10.5. The van der Waals surface area contributed by atoms with Crippen molar-refractivity contribution in [2.75, 3.05) is 26.7 Å². The van der Waals surface area contributed by atoms with Crippen molar-refractivity contribution in [1.29, 1.82) is 0 Å². The summed E-state index contributed by atoms with van der Waals surface area (Å²) in [6.07, 6.45) is 11.6. The molecule has 184 valence electrons. The Morgan fingerprint density at radius 2 is 1.65 bits per heavy atom. The number of aliphatic hydroxyl groups is 1. The Bertz CT molecular complexity index is 498. The van der Waals surface area contributed by atoms with E-state index in [1.807, 2.05) is 19.0 Å². The fourth-order valence-corrected chi connectivity index (χ4v) is 3.92. The standard InChI is InChI=1S/C25H52N4O2/c1-20(2)18-31-24(29(27-6)17-16-25(4,5)19-26)21(3)23(30)28-22-14-12-10-8-7-9-11-13-15-22/h20,22-23,27-28,30H,7-19,26H2,1-6H3/b24-21-. The lowest BCUT2D eigenvalue weighted by Crippen LogP contribution is -2.44. The minimum absolute atomic E-state index is 0.0547. The van der Waals surface area contributed by atoms with E-state index >= 15 is 0 Å². The lowest BCUT2D eigenvalue weighted by molar-refractivity contribution is 0.0499. The van der Waals surface area contributed by atoms with Crippen molar-refractivity contribution >= 4 is 0 Å². The van der Waals surface area contributed by atoms with E-state index in [0.717, 1.165) is 37.3 Å². The number of nitrogens with one attached hydrogen (secondary N) is 2. The van der Waals surface area contributed by atoms with Gasteiger partial charge in [0.1, 0.15) is 6.23 Å². The summed E-state index contributed by atoms with van der Waals surface area (Å²) in [6.45, 7) is 12.6. The highest BCUT2D eigenvalue weighted by molar-refractivity contribution is 5.10. The summed E-state index contributed by atoms with van der Waals surface area (Å²) in [7, 11) is 1.91. The van der Waals surface area contributed by atoms with Crippen molar-refractivity contribution in [3.05, 3.63) is 11.5 Å². The van der Waals surface area contributed by atoms with E-state index < -0.39 is 6.23 Å². The predicted octanol–water partition coefficient (Wildman–Crippen LogP) is 4.50. The molecular weight excluding hydrogens is 388 g/mol. The van der Waals surface area contributed by atoms with E-state index in [1.165, 1.54) is 44.9 Å². The van der Waals surface area contributed by atoms with Gasteiger partial charge in [-0.3, -0.25) is 10.3 Å². The second kappa shape index (κ2) is 15.1. The van der Waals surface area contributed by atoms with Crippen LogP contribution < -0.4 is 16.5 Å². The molecule has 1 saturated carbocycles. The Hall–Kier alpha value is -0.820. The molecule has 0 amide bonds. The first-order chi connectivity index (χ1) is 14.7. The molecule has 6 nitrogen and oxygen atoms in total. The maximum absolute atomic E-state index is 11.1. The third-order valence-electron chi connectivity index (χ3n) is 6.38. The predicted molar refractivity (Wildman–Crippen MR) is 131 cm³/mol. The average molecular weight is 441 g/mol. The number of hydrogen-bond donors (Lipinski definition) is 4. The van der Waals surface area contributed by atoms with Crippen LogP contribution in [0.15, 0.2) is 11.5 Å². The van der Waals surface area contributed by atoms with Crippen LogP contribution in [0.5, 0.6) is 0 Å². The number of ether oxygens (including phenoxy) is 1. The van der Waals surface area contributed by atoms with E-state index in [2.05, 4.69) is 38.4 Å². The Labute approximate surface area is 192 Å². The summed E-state index contributed by atoms with van der Waals surface area (Å²) >= 11 is 0. The molecule has 1 aliphatic rings. The molecule has 0 saturated heterocycles. The van der Waals surface area contributed by atoms with Crippen molar-refractivity contribution in [3.63, 3.8) is 0 Å². The second-order valence-corrected chi connectivity index (χ2v) is 10.5. The smallest absolute Gasteiger partial charge is 0.206 e. The molecule has 6 heteroatoms. The maximum atomic E-state index is 11.1. The first-order valence-electron chi connectivity index (χ1n) is 12.6. The molecule has 1 fully saturated rings. The van der Waals surface area contributed by atoms with E-state index in [4.69, 9.17) is 10.5 Å². The van der Waals surface area contributed by atoms with E-state index in [0.29, 0.717) is 25.1 Å². The quantitative estimate of drug-likeness (QED) is 0.203. The fourth-order valence-electron chi connectivity index (χ4n) is 3.92. The van der Waals surface area contributed by atoms with Crippen LogP contribution >= 0.6 is 0 Å². The summed E-state index contributed by atoms with van der Waals surface area (Å²) in [6, 6.07) is 0.355. The van der Waals surface area contributed by atoms with Gasteiger partial charge in [-0.25, -0.2) is 5.43 Å². The molecule has 1 aliphatic carbocycles. The van der Waals surface area contributed by atoms with Gasteiger partial charge in [0, 0.05) is 25.2 Å². The SMILES string of the molecule is CNN(CCC(C)(C)CN)/C(OCC(C)C)=C(\C)C(O)NC1CCCCCCCCC1. The molecular formula is C25H52N4O2. The lowest BCUT2D eigenvalue weighted by atomic mass is 9.89. The summed E-state index contributed by atoms with van der Waals surface area (Å²) < 4.78 is 6.22. The topological polar surface area (TPSA) is 82.8 Å². The van der Waals surface area contributed by atoms with Gasteiger partial charge in [-0.05, 0) is 44.1 Å². The summed E-state index contributed by atoms with van der Waals surface area (Å²) in [5.74, 6) is 1.13. The first-order valence-corrected chi connectivity index (χ1v) is 12.6. The number of rotatable bonds is 12. The van der Waals surface area contributed by atoms with Gasteiger partial charge in [-0.2, -0.15) is 0 Å². The van der Waals surface area contributed by atoms with Gasteiger partial charge in [0.25, 0.3) is 0 Å². The van der Waals surface area contributed by atoms with Gasteiger partial charge in [0.15, 0.2) is 0 Å². The van der Waals surface area contributed by atoms with Crippen LogP contribution in [0.1, 0.15) is 98.8 Å². The number of nitrogens with zero attached hydrogens (tertiary/aromatic N) is 1. The molecule has 0 bridgehead atoms. The van der Waals surface area contributed by atoms with Crippen LogP contribution in [0.25, 0.3) is 0 Å². The van der Waals surface area contributed by atoms with Crippen LogP contribution in [-0.4, -0.2) is 49.1 Å². The molecule has 0 aromatic heterocycles. The van der Waals surface area contributed by atoms with E-state index in [9.17, 15) is 5.11 Å². The average Bonchev–Trinajstić information content (AvgIpc) is 2.74.